The first-order valence-corrected chi connectivity index (χ1v) is 6.98. The summed E-state index contributed by atoms with van der Waals surface area (Å²) in [6, 6.07) is 6.10. The standard InChI is InChI=1S/C16H23NO/c1-4-9-17(11-14-6-7-14)16(18)15-8-5-12(2)10-13(15)3/h5,8,10,14H,4,6-7,9,11H2,1-3H3. The maximum Gasteiger partial charge on any atom is 0.254 e. The molecule has 0 spiro atoms. The number of hydrogen-bond acceptors (Lipinski definition) is 1. The van der Waals surface area contributed by atoms with Gasteiger partial charge in [-0.15, -0.1) is 0 Å². The predicted molar refractivity (Wildman–Crippen MR) is 74.8 cm³/mol. The molecule has 0 bridgehead atoms. The second-order valence-electron chi connectivity index (χ2n) is 5.51. The van der Waals surface area contributed by atoms with Gasteiger partial charge in [0.25, 0.3) is 5.91 Å². The van der Waals surface area contributed by atoms with E-state index < -0.39 is 0 Å². The van der Waals surface area contributed by atoms with E-state index in [1.807, 2.05) is 24.0 Å². The SMILES string of the molecule is CCCN(CC1CC1)C(=O)c1ccc(C)cc1C. The second kappa shape index (κ2) is 5.55. The maximum absolute atomic E-state index is 12.6. The Hall–Kier alpha value is -1.31. The molecule has 0 N–H and O–H groups in total. The zero-order chi connectivity index (χ0) is 13.1. The van der Waals surface area contributed by atoms with Gasteiger partial charge in [-0.05, 0) is 50.7 Å². The molecular weight excluding hydrogens is 222 g/mol. The van der Waals surface area contributed by atoms with Crippen LogP contribution in [0.5, 0.6) is 0 Å². The normalized spacial score (nSPS) is 14.6. The second-order valence-corrected chi connectivity index (χ2v) is 5.51. The van der Waals surface area contributed by atoms with Crippen molar-refractivity contribution in [1.29, 1.82) is 0 Å². The van der Waals surface area contributed by atoms with Crippen LogP contribution in [0.3, 0.4) is 0 Å². The highest BCUT2D eigenvalue weighted by Crippen LogP contribution is 2.30. The quantitative estimate of drug-likeness (QED) is 0.776. The first-order chi connectivity index (χ1) is 8.61. The molecule has 98 valence electrons. The molecule has 18 heavy (non-hydrogen) atoms. The van der Waals surface area contributed by atoms with Gasteiger partial charge in [0.1, 0.15) is 0 Å². The van der Waals surface area contributed by atoms with Gasteiger partial charge < -0.3 is 4.90 Å². The van der Waals surface area contributed by atoms with E-state index in [9.17, 15) is 4.79 Å². The number of benzene rings is 1. The highest BCUT2D eigenvalue weighted by atomic mass is 16.2. The molecule has 1 aromatic rings. The topological polar surface area (TPSA) is 20.3 Å². The zero-order valence-electron chi connectivity index (χ0n) is 11.7. The van der Waals surface area contributed by atoms with Crippen LogP contribution < -0.4 is 0 Å². The third-order valence-electron chi connectivity index (χ3n) is 3.57. The molecule has 2 rings (SSSR count). The molecule has 1 saturated carbocycles. The Morgan fingerprint density at radius 2 is 2.06 bits per heavy atom. The fourth-order valence-corrected chi connectivity index (χ4v) is 2.38. The van der Waals surface area contributed by atoms with Gasteiger partial charge in [0.05, 0.1) is 0 Å². The summed E-state index contributed by atoms with van der Waals surface area (Å²) in [6.45, 7) is 8.05. The van der Waals surface area contributed by atoms with Crippen molar-refractivity contribution in [3.05, 3.63) is 34.9 Å². The lowest BCUT2D eigenvalue weighted by atomic mass is 10.0. The van der Waals surface area contributed by atoms with Gasteiger partial charge in [0, 0.05) is 18.7 Å². The van der Waals surface area contributed by atoms with Gasteiger partial charge in [-0.25, -0.2) is 0 Å². The van der Waals surface area contributed by atoms with Gasteiger partial charge >= 0.3 is 0 Å². The Kier molecular flexibility index (Phi) is 4.05. The monoisotopic (exact) mass is 245 g/mol. The van der Waals surface area contributed by atoms with Crippen LogP contribution in [0.2, 0.25) is 0 Å². The summed E-state index contributed by atoms with van der Waals surface area (Å²) in [6.07, 6.45) is 3.62. The summed E-state index contributed by atoms with van der Waals surface area (Å²) in [5.74, 6) is 0.965. The predicted octanol–water partition coefficient (Wildman–Crippen LogP) is 3.57. The summed E-state index contributed by atoms with van der Waals surface area (Å²) >= 11 is 0. The summed E-state index contributed by atoms with van der Waals surface area (Å²) in [4.78, 5) is 14.6. The minimum absolute atomic E-state index is 0.209. The van der Waals surface area contributed by atoms with Crippen molar-refractivity contribution in [3.63, 3.8) is 0 Å². The maximum atomic E-state index is 12.6. The number of rotatable bonds is 5. The molecule has 0 atom stereocenters. The van der Waals surface area contributed by atoms with E-state index in [4.69, 9.17) is 0 Å². The Balaban J connectivity index is 2.15. The van der Waals surface area contributed by atoms with Crippen LogP contribution in [0.25, 0.3) is 0 Å². The summed E-state index contributed by atoms with van der Waals surface area (Å²) in [5.41, 5.74) is 3.18. The van der Waals surface area contributed by atoms with Crippen LogP contribution in [0.15, 0.2) is 18.2 Å². The lowest BCUT2D eigenvalue weighted by molar-refractivity contribution is 0.0747. The Morgan fingerprint density at radius 1 is 1.33 bits per heavy atom. The van der Waals surface area contributed by atoms with Gasteiger partial charge in [-0.1, -0.05) is 24.6 Å². The minimum Gasteiger partial charge on any atom is -0.338 e. The van der Waals surface area contributed by atoms with E-state index >= 15 is 0 Å². The van der Waals surface area contributed by atoms with Crippen molar-refractivity contribution in [3.8, 4) is 0 Å². The van der Waals surface area contributed by atoms with E-state index in [0.29, 0.717) is 0 Å². The van der Waals surface area contributed by atoms with Gasteiger partial charge in [0.15, 0.2) is 0 Å². The van der Waals surface area contributed by atoms with Crippen molar-refractivity contribution < 1.29 is 4.79 Å². The first kappa shape index (κ1) is 13.1. The van der Waals surface area contributed by atoms with Crippen LogP contribution in [0, 0.1) is 19.8 Å². The lowest BCUT2D eigenvalue weighted by Gasteiger charge is -2.23. The Bertz CT molecular complexity index is 435. The van der Waals surface area contributed by atoms with Gasteiger partial charge in [0.2, 0.25) is 0 Å². The number of amides is 1. The van der Waals surface area contributed by atoms with Gasteiger partial charge in [-0.2, -0.15) is 0 Å². The highest BCUT2D eigenvalue weighted by Gasteiger charge is 2.27. The fourth-order valence-electron chi connectivity index (χ4n) is 2.38. The van der Waals surface area contributed by atoms with Crippen molar-refractivity contribution in [2.45, 2.75) is 40.0 Å². The van der Waals surface area contributed by atoms with E-state index in [1.54, 1.807) is 0 Å². The van der Waals surface area contributed by atoms with E-state index in [0.717, 1.165) is 36.6 Å². The van der Waals surface area contributed by atoms with Crippen molar-refractivity contribution >= 4 is 5.91 Å². The largest absolute Gasteiger partial charge is 0.338 e. The van der Waals surface area contributed by atoms with Crippen LogP contribution >= 0.6 is 0 Å². The van der Waals surface area contributed by atoms with Crippen LogP contribution in [-0.2, 0) is 0 Å². The van der Waals surface area contributed by atoms with E-state index in [-0.39, 0.29) is 5.91 Å². The number of carbonyl (C=O) groups excluding carboxylic acids is 1. The van der Waals surface area contributed by atoms with E-state index in [1.165, 1.54) is 18.4 Å². The minimum atomic E-state index is 0.209. The number of aryl methyl sites for hydroxylation is 2. The molecule has 0 radical (unpaired) electrons. The molecule has 1 amide bonds. The molecule has 0 aromatic heterocycles. The summed E-state index contributed by atoms with van der Waals surface area (Å²) in [7, 11) is 0. The Labute approximate surface area is 110 Å². The first-order valence-electron chi connectivity index (χ1n) is 6.98. The number of nitrogens with zero attached hydrogens (tertiary/aromatic N) is 1. The van der Waals surface area contributed by atoms with E-state index in [2.05, 4.69) is 19.9 Å². The fraction of sp³-hybridized carbons (Fsp3) is 0.562. The molecule has 0 heterocycles. The summed E-state index contributed by atoms with van der Waals surface area (Å²) < 4.78 is 0. The van der Waals surface area contributed by atoms with Gasteiger partial charge in [-0.3, -0.25) is 4.79 Å². The summed E-state index contributed by atoms with van der Waals surface area (Å²) in [5, 5.41) is 0. The molecule has 1 fully saturated rings. The molecule has 1 aromatic carbocycles. The van der Waals surface area contributed by atoms with Crippen LogP contribution in [0.1, 0.15) is 47.7 Å². The van der Waals surface area contributed by atoms with Crippen molar-refractivity contribution in [1.82, 2.24) is 4.90 Å². The number of carbonyl (C=O) groups is 1. The Morgan fingerprint density at radius 3 is 2.61 bits per heavy atom. The zero-order valence-corrected chi connectivity index (χ0v) is 11.7. The average Bonchev–Trinajstić information content (AvgIpc) is 3.11. The van der Waals surface area contributed by atoms with Crippen LogP contribution in [-0.4, -0.2) is 23.9 Å². The molecule has 1 aliphatic carbocycles. The number of hydrogen-bond donors (Lipinski definition) is 0. The van der Waals surface area contributed by atoms with Crippen molar-refractivity contribution in [2.24, 2.45) is 5.92 Å². The molecular formula is C16H23NO. The molecule has 0 aliphatic heterocycles. The molecule has 0 unspecified atom stereocenters. The average molecular weight is 245 g/mol. The molecule has 0 saturated heterocycles. The third-order valence-corrected chi connectivity index (χ3v) is 3.57. The third kappa shape index (κ3) is 3.12. The molecule has 2 heteroatoms. The smallest absolute Gasteiger partial charge is 0.254 e. The highest BCUT2D eigenvalue weighted by molar-refractivity contribution is 5.95. The molecule has 1 aliphatic rings. The van der Waals surface area contributed by atoms with Crippen molar-refractivity contribution in [2.75, 3.05) is 13.1 Å². The lowest BCUT2D eigenvalue weighted by Crippen LogP contribution is -2.34. The molecule has 2 nitrogen and oxygen atoms in total. The van der Waals surface area contributed by atoms with Crippen LogP contribution in [0.4, 0.5) is 0 Å².